The van der Waals surface area contributed by atoms with Gasteiger partial charge in [-0.1, -0.05) is 29.8 Å². The number of carbonyl (C=O) groups excluding carboxylic acids is 1. The number of aromatic amines is 1. The van der Waals surface area contributed by atoms with Crippen LogP contribution in [0.1, 0.15) is 24.1 Å². The van der Waals surface area contributed by atoms with Crippen LogP contribution in [0.15, 0.2) is 42.5 Å². The molecule has 1 amide bonds. The summed E-state index contributed by atoms with van der Waals surface area (Å²) in [5, 5.41) is 4.70. The Morgan fingerprint density at radius 3 is 2.72 bits per heavy atom. The maximum atomic E-state index is 13.1. The molecule has 0 aliphatic heterocycles. The second-order valence-corrected chi connectivity index (χ2v) is 6.99. The van der Waals surface area contributed by atoms with Crippen molar-refractivity contribution in [2.45, 2.75) is 25.2 Å². The molecule has 0 bridgehead atoms. The maximum Gasteiger partial charge on any atom is 0.235 e. The van der Waals surface area contributed by atoms with Crippen molar-refractivity contribution in [3.05, 3.63) is 58.7 Å². The molecular weight excluding hydrogens is 336 g/mol. The Bertz CT molecular complexity index is 973. The highest BCUT2D eigenvalue weighted by atomic mass is 35.5. The minimum atomic E-state index is -0.489. The topological polar surface area (TPSA) is 54.1 Å². The summed E-state index contributed by atoms with van der Waals surface area (Å²) in [6.07, 6.45) is 1.68. The van der Waals surface area contributed by atoms with Gasteiger partial charge in [-0.25, -0.2) is 0 Å². The van der Waals surface area contributed by atoms with Gasteiger partial charge in [0, 0.05) is 21.6 Å². The lowest BCUT2D eigenvalue weighted by Crippen LogP contribution is -2.28. The van der Waals surface area contributed by atoms with Crippen molar-refractivity contribution in [3.8, 4) is 5.75 Å². The molecule has 1 saturated carbocycles. The van der Waals surface area contributed by atoms with Gasteiger partial charge in [0.25, 0.3) is 0 Å². The van der Waals surface area contributed by atoms with Gasteiger partial charge in [0.05, 0.1) is 18.2 Å². The number of hydrogen-bond donors (Lipinski definition) is 2. The minimum absolute atomic E-state index is 0.0130. The maximum absolute atomic E-state index is 13.1. The first kappa shape index (κ1) is 16.0. The molecule has 0 saturated heterocycles. The monoisotopic (exact) mass is 354 g/mol. The van der Waals surface area contributed by atoms with Gasteiger partial charge < -0.3 is 15.0 Å². The third-order valence-electron chi connectivity index (χ3n) is 4.97. The highest BCUT2D eigenvalue weighted by Gasteiger charge is 2.53. The van der Waals surface area contributed by atoms with Gasteiger partial charge in [-0.2, -0.15) is 0 Å². The van der Waals surface area contributed by atoms with E-state index in [0.29, 0.717) is 16.5 Å². The number of amides is 1. The summed E-state index contributed by atoms with van der Waals surface area (Å²) < 4.78 is 5.34. The number of aromatic nitrogens is 1. The number of halogens is 1. The second kappa shape index (κ2) is 5.81. The van der Waals surface area contributed by atoms with Crippen LogP contribution in [0, 0.1) is 6.92 Å². The molecule has 25 heavy (non-hydrogen) atoms. The van der Waals surface area contributed by atoms with Gasteiger partial charge >= 0.3 is 0 Å². The smallest absolute Gasteiger partial charge is 0.235 e. The number of H-pyrrole nitrogens is 1. The number of benzene rings is 2. The molecule has 5 heteroatoms. The number of nitrogens with one attached hydrogen (secondary N) is 2. The van der Waals surface area contributed by atoms with E-state index in [0.717, 1.165) is 35.0 Å². The molecule has 2 N–H and O–H groups in total. The molecule has 1 aliphatic rings. The SMILES string of the molecule is COc1ccc(Cl)cc1NC(=O)C1(c2c(C)[nH]c3ccccc23)CC1. The average molecular weight is 355 g/mol. The fourth-order valence-corrected chi connectivity index (χ4v) is 3.80. The Morgan fingerprint density at radius 1 is 1.24 bits per heavy atom. The predicted molar refractivity (Wildman–Crippen MR) is 101 cm³/mol. The highest BCUT2D eigenvalue weighted by molar-refractivity contribution is 6.31. The zero-order valence-corrected chi connectivity index (χ0v) is 14.9. The van der Waals surface area contributed by atoms with E-state index in [2.05, 4.69) is 16.4 Å². The van der Waals surface area contributed by atoms with Gasteiger partial charge in [0.2, 0.25) is 5.91 Å². The fourth-order valence-electron chi connectivity index (χ4n) is 3.63. The van der Waals surface area contributed by atoms with E-state index in [9.17, 15) is 4.79 Å². The van der Waals surface area contributed by atoms with E-state index >= 15 is 0 Å². The number of aryl methyl sites for hydroxylation is 1. The number of ether oxygens (including phenoxy) is 1. The third-order valence-corrected chi connectivity index (χ3v) is 5.20. The number of para-hydroxylation sites is 1. The summed E-state index contributed by atoms with van der Waals surface area (Å²) in [5.74, 6) is 0.588. The van der Waals surface area contributed by atoms with Crippen LogP contribution < -0.4 is 10.1 Å². The van der Waals surface area contributed by atoms with E-state index in [4.69, 9.17) is 16.3 Å². The molecule has 2 aromatic carbocycles. The number of hydrogen-bond acceptors (Lipinski definition) is 2. The van der Waals surface area contributed by atoms with Gasteiger partial charge in [-0.3, -0.25) is 4.79 Å². The first-order valence-corrected chi connectivity index (χ1v) is 8.66. The molecule has 3 aromatic rings. The molecule has 0 unspecified atom stereocenters. The van der Waals surface area contributed by atoms with E-state index in [1.165, 1.54) is 0 Å². The molecule has 1 fully saturated rings. The van der Waals surface area contributed by atoms with Gasteiger partial charge in [0.1, 0.15) is 5.75 Å². The second-order valence-electron chi connectivity index (χ2n) is 6.55. The van der Waals surface area contributed by atoms with Crippen LogP contribution in [0.2, 0.25) is 5.02 Å². The molecule has 1 heterocycles. The van der Waals surface area contributed by atoms with Crippen molar-refractivity contribution >= 4 is 34.1 Å². The average Bonchev–Trinajstić information content (AvgIpc) is 3.32. The van der Waals surface area contributed by atoms with Crippen molar-refractivity contribution < 1.29 is 9.53 Å². The normalized spacial score (nSPS) is 15.2. The Kier molecular flexibility index (Phi) is 3.73. The minimum Gasteiger partial charge on any atom is -0.495 e. The van der Waals surface area contributed by atoms with Crippen LogP contribution in [0.5, 0.6) is 5.75 Å². The predicted octanol–water partition coefficient (Wildman–Crippen LogP) is 4.81. The molecule has 1 aromatic heterocycles. The van der Waals surface area contributed by atoms with Crippen LogP contribution in [-0.4, -0.2) is 18.0 Å². The number of methoxy groups -OCH3 is 1. The summed E-state index contributed by atoms with van der Waals surface area (Å²) in [5.41, 5.74) is 3.32. The number of fused-ring (bicyclic) bond motifs is 1. The molecule has 1 aliphatic carbocycles. The summed E-state index contributed by atoms with van der Waals surface area (Å²) in [7, 11) is 1.58. The number of rotatable bonds is 4. The lowest BCUT2D eigenvalue weighted by Gasteiger charge is -2.18. The van der Waals surface area contributed by atoms with Crippen molar-refractivity contribution in [1.82, 2.24) is 4.98 Å². The summed E-state index contributed by atoms with van der Waals surface area (Å²) >= 11 is 6.08. The van der Waals surface area contributed by atoms with Crippen LogP contribution in [0.4, 0.5) is 5.69 Å². The molecule has 4 nitrogen and oxygen atoms in total. The van der Waals surface area contributed by atoms with Crippen molar-refractivity contribution in [2.75, 3.05) is 12.4 Å². The Balaban J connectivity index is 1.73. The fraction of sp³-hybridized carbons (Fsp3) is 0.250. The lowest BCUT2D eigenvalue weighted by molar-refractivity contribution is -0.118. The quantitative estimate of drug-likeness (QED) is 0.706. The molecule has 4 rings (SSSR count). The Morgan fingerprint density at radius 2 is 2.00 bits per heavy atom. The zero-order chi connectivity index (χ0) is 17.6. The number of anilines is 1. The van der Waals surface area contributed by atoms with Gasteiger partial charge in [-0.05, 0) is 49.6 Å². The lowest BCUT2D eigenvalue weighted by atomic mass is 9.92. The highest BCUT2D eigenvalue weighted by Crippen LogP contribution is 2.52. The first-order valence-electron chi connectivity index (χ1n) is 8.28. The molecule has 128 valence electrons. The Labute approximate surface area is 151 Å². The van der Waals surface area contributed by atoms with Gasteiger partial charge in [-0.15, -0.1) is 0 Å². The summed E-state index contributed by atoms with van der Waals surface area (Å²) in [6, 6.07) is 13.3. The van der Waals surface area contributed by atoms with E-state index in [1.54, 1.807) is 25.3 Å². The van der Waals surface area contributed by atoms with Crippen LogP contribution in [0.25, 0.3) is 10.9 Å². The largest absolute Gasteiger partial charge is 0.495 e. The first-order chi connectivity index (χ1) is 12.0. The van der Waals surface area contributed by atoms with E-state index in [1.807, 2.05) is 25.1 Å². The summed E-state index contributed by atoms with van der Waals surface area (Å²) in [4.78, 5) is 16.5. The molecule has 0 atom stereocenters. The van der Waals surface area contributed by atoms with Crippen LogP contribution in [0.3, 0.4) is 0 Å². The van der Waals surface area contributed by atoms with Crippen LogP contribution in [-0.2, 0) is 10.2 Å². The van der Waals surface area contributed by atoms with Crippen molar-refractivity contribution in [3.63, 3.8) is 0 Å². The van der Waals surface area contributed by atoms with Crippen LogP contribution >= 0.6 is 11.6 Å². The molecule has 0 radical (unpaired) electrons. The van der Waals surface area contributed by atoms with E-state index < -0.39 is 5.41 Å². The summed E-state index contributed by atoms with van der Waals surface area (Å²) in [6.45, 7) is 2.03. The van der Waals surface area contributed by atoms with Gasteiger partial charge in [0.15, 0.2) is 0 Å². The Hall–Kier alpha value is -2.46. The van der Waals surface area contributed by atoms with Crippen molar-refractivity contribution in [1.29, 1.82) is 0 Å². The van der Waals surface area contributed by atoms with E-state index in [-0.39, 0.29) is 5.91 Å². The zero-order valence-electron chi connectivity index (χ0n) is 14.2. The standard InChI is InChI=1S/C20H19ClN2O2/c1-12-18(14-5-3-4-6-15(14)22-12)20(9-10-20)19(24)23-16-11-13(21)7-8-17(16)25-2/h3-8,11,22H,9-10H2,1-2H3,(H,23,24). The van der Waals surface area contributed by atoms with Crippen molar-refractivity contribution in [2.24, 2.45) is 0 Å². The number of carbonyl (C=O) groups is 1. The molecule has 0 spiro atoms. The molecular formula is C20H19ClN2O2. The third kappa shape index (κ3) is 2.57.